The Balaban J connectivity index is 1.52. The molecule has 0 saturated carbocycles. The standard InChI is InChI=1S/C21H29N5O2/c1-4-28-20-15-17(9-10-23-20)16-24-21(22-2)26-13-11-25(12-14-26)18-5-7-19(27-3)8-6-18/h5-10,15H,4,11-14,16H2,1-3H3,(H,22,24). The lowest BCUT2D eigenvalue weighted by Gasteiger charge is -2.37. The van der Waals surface area contributed by atoms with Crippen LogP contribution in [0.2, 0.25) is 0 Å². The topological polar surface area (TPSA) is 62.2 Å². The van der Waals surface area contributed by atoms with Crippen molar-refractivity contribution in [1.29, 1.82) is 0 Å². The first kappa shape index (κ1) is 19.8. The Morgan fingerprint density at radius 2 is 1.89 bits per heavy atom. The Morgan fingerprint density at radius 1 is 1.14 bits per heavy atom. The van der Waals surface area contributed by atoms with Gasteiger partial charge in [0.25, 0.3) is 0 Å². The second-order valence-corrected chi connectivity index (χ2v) is 6.51. The van der Waals surface area contributed by atoms with Crippen LogP contribution >= 0.6 is 0 Å². The van der Waals surface area contributed by atoms with Crippen LogP contribution in [0.5, 0.6) is 11.6 Å². The lowest BCUT2D eigenvalue weighted by molar-refractivity contribution is 0.326. The van der Waals surface area contributed by atoms with Crippen molar-refractivity contribution in [3.63, 3.8) is 0 Å². The zero-order chi connectivity index (χ0) is 19.8. The van der Waals surface area contributed by atoms with Gasteiger partial charge in [0.1, 0.15) is 5.75 Å². The van der Waals surface area contributed by atoms with Gasteiger partial charge in [0, 0.05) is 57.7 Å². The highest BCUT2D eigenvalue weighted by Crippen LogP contribution is 2.20. The van der Waals surface area contributed by atoms with Gasteiger partial charge in [-0.15, -0.1) is 0 Å². The van der Waals surface area contributed by atoms with E-state index in [2.05, 4.69) is 37.2 Å². The van der Waals surface area contributed by atoms with Crippen molar-refractivity contribution in [1.82, 2.24) is 15.2 Å². The van der Waals surface area contributed by atoms with Crippen LogP contribution < -0.4 is 19.7 Å². The molecule has 3 rings (SSSR count). The molecule has 2 heterocycles. The summed E-state index contributed by atoms with van der Waals surface area (Å²) >= 11 is 0. The van der Waals surface area contributed by atoms with Gasteiger partial charge in [0.2, 0.25) is 5.88 Å². The van der Waals surface area contributed by atoms with Gasteiger partial charge in [-0.25, -0.2) is 4.98 Å². The van der Waals surface area contributed by atoms with Crippen molar-refractivity contribution < 1.29 is 9.47 Å². The largest absolute Gasteiger partial charge is 0.497 e. The van der Waals surface area contributed by atoms with E-state index in [1.54, 1.807) is 13.3 Å². The summed E-state index contributed by atoms with van der Waals surface area (Å²) in [6, 6.07) is 12.2. The Bertz CT molecular complexity index is 771. The number of aromatic nitrogens is 1. The molecule has 150 valence electrons. The summed E-state index contributed by atoms with van der Waals surface area (Å²) in [5.74, 6) is 2.46. The minimum Gasteiger partial charge on any atom is -0.497 e. The number of piperazine rings is 1. The lowest BCUT2D eigenvalue weighted by Crippen LogP contribution is -2.52. The third-order valence-electron chi connectivity index (χ3n) is 4.77. The molecule has 1 N–H and O–H groups in total. The maximum Gasteiger partial charge on any atom is 0.213 e. The van der Waals surface area contributed by atoms with E-state index in [-0.39, 0.29) is 0 Å². The van der Waals surface area contributed by atoms with Crippen molar-refractivity contribution >= 4 is 11.6 Å². The average Bonchev–Trinajstić information content (AvgIpc) is 2.75. The van der Waals surface area contributed by atoms with Crippen molar-refractivity contribution in [2.45, 2.75) is 13.5 Å². The fourth-order valence-electron chi connectivity index (χ4n) is 3.27. The van der Waals surface area contributed by atoms with E-state index in [1.165, 1.54) is 5.69 Å². The quantitative estimate of drug-likeness (QED) is 0.610. The van der Waals surface area contributed by atoms with Gasteiger partial charge >= 0.3 is 0 Å². The summed E-state index contributed by atoms with van der Waals surface area (Å²) in [6.07, 6.45) is 1.78. The summed E-state index contributed by atoms with van der Waals surface area (Å²) in [6.45, 7) is 7.02. The van der Waals surface area contributed by atoms with E-state index < -0.39 is 0 Å². The molecule has 0 aliphatic carbocycles. The van der Waals surface area contributed by atoms with Gasteiger partial charge in [-0.2, -0.15) is 0 Å². The van der Waals surface area contributed by atoms with Crippen LogP contribution in [0.4, 0.5) is 5.69 Å². The number of aliphatic imine (C=N–C) groups is 1. The molecule has 1 aromatic heterocycles. The first-order chi connectivity index (χ1) is 13.7. The highest BCUT2D eigenvalue weighted by atomic mass is 16.5. The molecule has 0 amide bonds. The minimum absolute atomic E-state index is 0.615. The molecule has 0 radical (unpaired) electrons. The van der Waals surface area contributed by atoms with Crippen LogP contribution in [0.25, 0.3) is 0 Å². The van der Waals surface area contributed by atoms with Crippen LogP contribution in [0.3, 0.4) is 0 Å². The molecule has 7 nitrogen and oxygen atoms in total. The molecule has 2 aromatic rings. The lowest BCUT2D eigenvalue weighted by atomic mass is 10.2. The molecule has 7 heteroatoms. The first-order valence-corrected chi connectivity index (χ1v) is 9.65. The molecule has 1 aromatic carbocycles. The molecule has 0 unspecified atom stereocenters. The highest BCUT2D eigenvalue weighted by molar-refractivity contribution is 5.80. The van der Waals surface area contributed by atoms with E-state index in [1.807, 2.05) is 38.2 Å². The van der Waals surface area contributed by atoms with Crippen molar-refractivity contribution in [2.75, 3.05) is 51.8 Å². The van der Waals surface area contributed by atoms with Crippen LogP contribution in [0, 0.1) is 0 Å². The van der Waals surface area contributed by atoms with Crippen LogP contribution in [-0.2, 0) is 6.54 Å². The summed E-state index contributed by atoms with van der Waals surface area (Å²) < 4.78 is 10.7. The third kappa shape index (κ3) is 5.06. The maximum absolute atomic E-state index is 5.47. The molecule has 0 spiro atoms. The van der Waals surface area contributed by atoms with Gasteiger partial charge in [0.15, 0.2) is 5.96 Å². The monoisotopic (exact) mass is 383 g/mol. The number of methoxy groups -OCH3 is 1. The van der Waals surface area contributed by atoms with Gasteiger partial charge < -0.3 is 24.6 Å². The smallest absolute Gasteiger partial charge is 0.213 e. The number of rotatable bonds is 6. The molecule has 0 atom stereocenters. The Hall–Kier alpha value is -2.96. The van der Waals surface area contributed by atoms with Crippen LogP contribution in [0.15, 0.2) is 47.6 Å². The number of guanidine groups is 1. The Morgan fingerprint density at radius 3 is 2.54 bits per heavy atom. The molecule has 1 aliphatic rings. The number of benzene rings is 1. The minimum atomic E-state index is 0.615. The number of hydrogen-bond acceptors (Lipinski definition) is 5. The van der Waals surface area contributed by atoms with Gasteiger partial charge in [0.05, 0.1) is 13.7 Å². The van der Waals surface area contributed by atoms with E-state index >= 15 is 0 Å². The summed E-state index contributed by atoms with van der Waals surface area (Å²) in [5, 5.41) is 3.45. The van der Waals surface area contributed by atoms with Crippen molar-refractivity contribution in [3.8, 4) is 11.6 Å². The number of pyridine rings is 1. The number of nitrogens with one attached hydrogen (secondary N) is 1. The number of hydrogen-bond donors (Lipinski definition) is 1. The molecule has 1 fully saturated rings. The maximum atomic E-state index is 5.47. The highest BCUT2D eigenvalue weighted by Gasteiger charge is 2.19. The summed E-state index contributed by atoms with van der Waals surface area (Å²) in [4.78, 5) is 13.4. The number of ether oxygens (including phenoxy) is 2. The zero-order valence-corrected chi connectivity index (χ0v) is 16.9. The summed E-state index contributed by atoms with van der Waals surface area (Å²) in [7, 11) is 3.52. The van der Waals surface area contributed by atoms with Gasteiger partial charge in [-0.1, -0.05) is 0 Å². The molecule has 0 bridgehead atoms. The van der Waals surface area contributed by atoms with E-state index in [4.69, 9.17) is 9.47 Å². The molecular formula is C21H29N5O2. The first-order valence-electron chi connectivity index (χ1n) is 9.65. The van der Waals surface area contributed by atoms with Crippen molar-refractivity contribution in [2.24, 2.45) is 4.99 Å². The van der Waals surface area contributed by atoms with E-state index in [0.29, 0.717) is 19.0 Å². The van der Waals surface area contributed by atoms with Crippen molar-refractivity contribution in [3.05, 3.63) is 48.2 Å². The van der Waals surface area contributed by atoms with E-state index in [9.17, 15) is 0 Å². The van der Waals surface area contributed by atoms with Gasteiger partial charge in [-0.3, -0.25) is 4.99 Å². The van der Waals surface area contributed by atoms with Crippen LogP contribution in [0.1, 0.15) is 12.5 Å². The second-order valence-electron chi connectivity index (χ2n) is 6.51. The predicted molar refractivity (Wildman–Crippen MR) is 112 cm³/mol. The molecule has 1 saturated heterocycles. The molecule has 28 heavy (non-hydrogen) atoms. The fraction of sp³-hybridized carbons (Fsp3) is 0.429. The Kier molecular flexibility index (Phi) is 6.94. The number of nitrogens with zero attached hydrogens (tertiary/aromatic N) is 4. The Labute approximate surface area is 167 Å². The number of anilines is 1. The second kappa shape index (κ2) is 9.82. The van der Waals surface area contributed by atoms with Crippen LogP contribution in [-0.4, -0.2) is 62.8 Å². The zero-order valence-electron chi connectivity index (χ0n) is 16.9. The molecule has 1 aliphatic heterocycles. The normalized spacial score (nSPS) is 14.8. The van der Waals surface area contributed by atoms with Gasteiger partial charge in [-0.05, 0) is 42.8 Å². The fourth-order valence-corrected chi connectivity index (χ4v) is 3.27. The van der Waals surface area contributed by atoms with E-state index in [0.717, 1.165) is 43.5 Å². The third-order valence-corrected chi connectivity index (χ3v) is 4.77. The SMILES string of the molecule is CCOc1cc(CNC(=NC)N2CCN(c3ccc(OC)cc3)CC2)ccn1. The predicted octanol–water partition coefficient (Wildman–Crippen LogP) is 2.39. The molecular weight excluding hydrogens is 354 g/mol. The summed E-state index contributed by atoms with van der Waals surface area (Å²) in [5.41, 5.74) is 2.35. The average molecular weight is 383 g/mol.